The van der Waals surface area contributed by atoms with E-state index >= 15 is 0 Å². The Bertz CT molecular complexity index is 1250. The number of anilines is 2. The SMILES string of the molecule is CCOC(=O)c1cccc(NC(=O)Cn2nc3c(cc2=O)CN(c2ccc(OC)cc2)CC3)c1. The number of benzene rings is 2. The third-order valence-electron chi connectivity index (χ3n) is 5.53. The van der Waals surface area contributed by atoms with Crippen molar-refractivity contribution in [1.82, 2.24) is 9.78 Å². The lowest BCUT2D eigenvalue weighted by atomic mass is 10.1. The predicted molar refractivity (Wildman–Crippen MR) is 127 cm³/mol. The Morgan fingerprint density at radius 2 is 1.91 bits per heavy atom. The van der Waals surface area contributed by atoms with E-state index in [4.69, 9.17) is 9.47 Å². The summed E-state index contributed by atoms with van der Waals surface area (Å²) in [7, 11) is 1.63. The van der Waals surface area contributed by atoms with E-state index in [-0.39, 0.29) is 18.7 Å². The van der Waals surface area contributed by atoms with Gasteiger partial charge in [0.05, 0.1) is 25.0 Å². The normalized spacial score (nSPS) is 12.6. The van der Waals surface area contributed by atoms with E-state index in [1.165, 1.54) is 10.7 Å². The van der Waals surface area contributed by atoms with Gasteiger partial charge in [-0.3, -0.25) is 9.59 Å². The number of rotatable bonds is 7. The highest BCUT2D eigenvalue weighted by molar-refractivity contribution is 5.94. The van der Waals surface area contributed by atoms with Gasteiger partial charge < -0.3 is 19.7 Å². The molecular weight excluding hydrogens is 436 g/mol. The van der Waals surface area contributed by atoms with Gasteiger partial charge in [0.1, 0.15) is 12.3 Å². The summed E-state index contributed by atoms with van der Waals surface area (Å²) in [5.74, 6) is -0.0855. The first-order valence-corrected chi connectivity index (χ1v) is 11.0. The lowest BCUT2D eigenvalue weighted by Crippen LogP contribution is -2.36. The first kappa shape index (κ1) is 23.0. The molecule has 176 valence electrons. The van der Waals surface area contributed by atoms with Crippen LogP contribution in [-0.2, 0) is 29.0 Å². The Morgan fingerprint density at radius 3 is 2.65 bits per heavy atom. The highest BCUT2D eigenvalue weighted by atomic mass is 16.5. The second-order valence-electron chi connectivity index (χ2n) is 7.83. The van der Waals surface area contributed by atoms with Crippen LogP contribution < -0.4 is 20.5 Å². The van der Waals surface area contributed by atoms with Crippen LogP contribution in [0, 0.1) is 0 Å². The Kier molecular flexibility index (Phi) is 6.91. The molecule has 9 heteroatoms. The molecule has 0 atom stereocenters. The van der Waals surface area contributed by atoms with Gasteiger partial charge in [-0.25, -0.2) is 9.48 Å². The molecule has 1 N–H and O–H groups in total. The van der Waals surface area contributed by atoms with Crippen molar-refractivity contribution in [2.75, 3.05) is 30.5 Å². The van der Waals surface area contributed by atoms with Gasteiger partial charge >= 0.3 is 5.97 Å². The maximum atomic E-state index is 12.6. The van der Waals surface area contributed by atoms with Gasteiger partial charge in [-0.15, -0.1) is 0 Å². The van der Waals surface area contributed by atoms with Crippen LogP contribution in [0.25, 0.3) is 0 Å². The number of esters is 1. The molecule has 0 aliphatic carbocycles. The second-order valence-corrected chi connectivity index (χ2v) is 7.83. The molecule has 0 spiro atoms. The first-order valence-electron chi connectivity index (χ1n) is 11.0. The maximum Gasteiger partial charge on any atom is 0.338 e. The molecule has 0 fully saturated rings. The van der Waals surface area contributed by atoms with Crippen molar-refractivity contribution in [2.24, 2.45) is 0 Å². The van der Waals surface area contributed by atoms with Crippen LogP contribution in [0.1, 0.15) is 28.5 Å². The average molecular weight is 463 g/mol. The molecule has 2 aromatic carbocycles. The molecule has 0 saturated heterocycles. The maximum absolute atomic E-state index is 12.6. The topological polar surface area (TPSA) is 103 Å². The van der Waals surface area contributed by atoms with Crippen molar-refractivity contribution >= 4 is 23.3 Å². The number of carbonyl (C=O) groups excluding carboxylic acids is 2. The fraction of sp³-hybridized carbons (Fsp3) is 0.280. The summed E-state index contributed by atoms with van der Waals surface area (Å²) in [6.07, 6.45) is 0.658. The Hall–Kier alpha value is -4.14. The summed E-state index contributed by atoms with van der Waals surface area (Å²) in [4.78, 5) is 39.3. The average Bonchev–Trinajstić information content (AvgIpc) is 2.84. The van der Waals surface area contributed by atoms with Gasteiger partial charge in [-0.2, -0.15) is 5.10 Å². The van der Waals surface area contributed by atoms with Crippen LogP contribution in [0.3, 0.4) is 0 Å². The number of carbonyl (C=O) groups is 2. The summed E-state index contributed by atoms with van der Waals surface area (Å²) < 4.78 is 11.4. The molecule has 34 heavy (non-hydrogen) atoms. The molecule has 1 aliphatic rings. The number of nitrogens with zero attached hydrogens (tertiary/aromatic N) is 3. The van der Waals surface area contributed by atoms with Crippen LogP contribution in [0.5, 0.6) is 5.75 Å². The zero-order valence-corrected chi connectivity index (χ0v) is 19.1. The number of amides is 1. The minimum absolute atomic E-state index is 0.224. The van der Waals surface area contributed by atoms with Gasteiger partial charge in [-0.05, 0) is 49.4 Å². The number of aromatic nitrogens is 2. The molecule has 0 bridgehead atoms. The molecule has 0 unspecified atom stereocenters. The van der Waals surface area contributed by atoms with Crippen molar-refractivity contribution in [3.8, 4) is 5.75 Å². The number of hydrogen-bond donors (Lipinski definition) is 1. The molecule has 2 heterocycles. The van der Waals surface area contributed by atoms with Gasteiger partial charge in [-0.1, -0.05) is 6.07 Å². The smallest absolute Gasteiger partial charge is 0.338 e. The molecular formula is C25H26N4O5. The Balaban J connectivity index is 1.43. The molecule has 3 aromatic rings. The zero-order chi connectivity index (χ0) is 24.1. The third kappa shape index (κ3) is 5.25. The summed E-state index contributed by atoms with van der Waals surface area (Å²) in [5.41, 5.74) is 3.14. The summed E-state index contributed by atoms with van der Waals surface area (Å²) in [6.45, 7) is 3.08. The number of methoxy groups -OCH3 is 1. The van der Waals surface area contributed by atoms with E-state index < -0.39 is 11.9 Å². The molecule has 1 amide bonds. The fourth-order valence-electron chi connectivity index (χ4n) is 3.84. The first-order chi connectivity index (χ1) is 16.5. The van der Waals surface area contributed by atoms with Crippen molar-refractivity contribution in [1.29, 1.82) is 0 Å². The van der Waals surface area contributed by atoms with E-state index in [1.54, 1.807) is 38.3 Å². The standard InChI is InChI=1S/C25H26N4O5/c1-3-34-25(32)17-5-4-6-19(13-17)26-23(30)16-29-24(31)14-18-15-28(12-11-22(18)27-29)20-7-9-21(33-2)10-8-20/h4-10,13-14H,3,11-12,15-16H2,1-2H3,(H,26,30). The number of hydrogen-bond acceptors (Lipinski definition) is 7. The molecule has 1 aromatic heterocycles. The van der Waals surface area contributed by atoms with Gasteiger partial charge in [0, 0.05) is 42.5 Å². The summed E-state index contributed by atoms with van der Waals surface area (Å²) in [5, 5.41) is 7.15. The highest BCUT2D eigenvalue weighted by Crippen LogP contribution is 2.24. The molecule has 9 nitrogen and oxygen atoms in total. The largest absolute Gasteiger partial charge is 0.497 e. The molecule has 0 saturated carbocycles. The monoisotopic (exact) mass is 462 g/mol. The van der Waals surface area contributed by atoms with E-state index in [0.29, 0.717) is 24.2 Å². The molecule has 4 rings (SSSR count). The van der Waals surface area contributed by atoms with Crippen molar-refractivity contribution in [3.05, 3.63) is 81.8 Å². The molecule has 1 aliphatic heterocycles. The number of ether oxygens (including phenoxy) is 2. The van der Waals surface area contributed by atoms with Crippen LogP contribution in [0.2, 0.25) is 0 Å². The lowest BCUT2D eigenvalue weighted by Gasteiger charge is -2.30. The van der Waals surface area contributed by atoms with Crippen LogP contribution >= 0.6 is 0 Å². The van der Waals surface area contributed by atoms with Crippen LogP contribution in [-0.4, -0.2) is 41.9 Å². The minimum atomic E-state index is -0.463. The summed E-state index contributed by atoms with van der Waals surface area (Å²) in [6, 6.07) is 15.8. The number of nitrogens with one attached hydrogen (secondary N) is 1. The van der Waals surface area contributed by atoms with E-state index in [2.05, 4.69) is 15.3 Å². The van der Waals surface area contributed by atoms with E-state index in [1.807, 2.05) is 24.3 Å². The van der Waals surface area contributed by atoms with E-state index in [9.17, 15) is 14.4 Å². The Morgan fingerprint density at radius 1 is 1.12 bits per heavy atom. The minimum Gasteiger partial charge on any atom is -0.497 e. The summed E-state index contributed by atoms with van der Waals surface area (Å²) >= 11 is 0. The number of fused-ring (bicyclic) bond motifs is 1. The lowest BCUT2D eigenvalue weighted by molar-refractivity contribution is -0.117. The highest BCUT2D eigenvalue weighted by Gasteiger charge is 2.20. The molecule has 0 radical (unpaired) electrons. The Labute approximate surface area is 196 Å². The van der Waals surface area contributed by atoms with Gasteiger partial charge in [0.25, 0.3) is 5.56 Å². The fourth-order valence-corrected chi connectivity index (χ4v) is 3.84. The van der Waals surface area contributed by atoms with Crippen molar-refractivity contribution in [2.45, 2.75) is 26.4 Å². The quantitative estimate of drug-likeness (QED) is 0.539. The second kappa shape index (κ2) is 10.2. The van der Waals surface area contributed by atoms with E-state index in [0.717, 1.165) is 29.2 Å². The predicted octanol–water partition coefficient (Wildman–Crippen LogP) is 2.63. The van der Waals surface area contributed by atoms with Gasteiger partial charge in [0.15, 0.2) is 0 Å². The van der Waals surface area contributed by atoms with Crippen molar-refractivity contribution < 1.29 is 19.1 Å². The van der Waals surface area contributed by atoms with Crippen LogP contribution in [0.4, 0.5) is 11.4 Å². The van der Waals surface area contributed by atoms with Crippen molar-refractivity contribution in [3.63, 3.8) is 0 Å². The van der Waals surface area contributed by atoms with Crippen LogP contribution in [0.15, 0.2) is 59.4 Å². The third-order valence-corrected chi connectivity index (χ3v) is 5.53. The zero-order valence-electron chi connectivity index (χ0n) is 19.1. The van der Waals surface area contributed by atoms with Gasteiger partial charge in [0.2, 0.25) is 5.91 Å².